The van der Waals surface area contributed by atoms with Crippen LogP contribution in [0.3, 0.4) is 0 Å². The topological polar surface area (TPSA) is 0 Å². The van der Waals surface area contributed by atoms with Crippen molar-refractivity contribution in [1.82, 2.24) is 0 Å². The van der Waals surface area contributed by atoms with Gasteiger partial charge in [0.05, 0.1) is 11.1 Å². The molecular weight excluding hydrogens is 1220 g/mol. The minimum absolute atomic E-state index is 0.00867. The lowest BCUT2D eigenvalue weighted by molar-refractivity contribution is -0.144. The summed E-state index contributed by atoms with van der Waals surface area (Å²) in [6.45, 7) is 7.14. The highest BCUT2D eigenvalue weighted by Crippen LogP contribution is 2.58. The lowest BCUT2D eigenvalue weighted by atomic mass is 9.09. The van der Waals surface area contributed by atoms with E-state index in [4.69, 9.17) is 0 Å². The summed E-state index contributed by atoms with van der Waals surface area (Å²) in [7, 11) is 0. The Hall–Kier alpha value is -8.47. The van der Waals surface area contributed by atoms with Gasteiger partial charge >= 0.3 is 18.5 Å². The van der Waals surface area contributed by atoms with Gasteiger partial charge in [-0.05, 0) is 69.0 Å². The summed E-state index contributed by atoms with van der Waals surface area (Å²) in [6.07, 6.45) is -26.7. The second-order valence-electron chi connectivity index (χ2n) is 18.4. The summed E-state index contributed by atoms with van der Waals surface area (Å²) in [5.74, 6) is -88.3. The molecule has 0 saturated heterocycles. The van der Waals surface area contributed by atoms with Crippen molar-refractivity contribution in [1.29, 1.82) is 0 Å². The maximum absolute atomic E-state index is 17.5. The fraction of sp³-hybridized carbons (Fsp3) is 0.0909. The van der Waals surface area contributed by atoms with Gasteiger partial charge in [0, 0.05) is 5.56 Å². The maximum Gasteiger partial charge on any atom is 0.422 e. The Balaban J connectivity index is 1.54. The molecule has 1 aliphatic rings. The van der Waals surface area contributed by atoms with Gasteiger partial charge in [0.15, 0.2) is 58.2 Å². The van der Waals surface area contributed by atoms with Crippen molar-refractivity contribution in [2.45, 2.75) is 30.3 Å². The molecule has 0 spiro atoms. The monoisotopic (exact) mass is 1240 g/mol. The van der Waals surface area contributed by atoms with Gasteiger partial charge in [-0.25, -0.2) is 87.8 Å². The molecule has 0 nitrogen and oxygen atoms in total. The molecule has 30 heteroatoms. The van der Waals surface area contributed by atoms with E-state index in [0.717, 1.165) is 12.1 Å². The molecule has 8 rings (SSSR count). The molecule has 0 aliphatic heterocycles. The summed E-state index contributed by atoms with van der Waals surface area (Å²) in [4.78, 5) is 0. The second-order valence-corrected chi connectivity index (χ2v) is 18.4. The number of alkyl halides is 11. The predicted molar refractivity (Wildman–Crippen MR) is 247 cm³/mol. The first-order chi connectivity index (χ1) is 39.3. The van der Waals surface area contributed by atoms with Crippen LogP contribution in [0, 0.1) is 87.3 Å². The Bertz CT molecular complexity index is 3700. The van der Waals surface area contributed by atoms with Gasteiger partial charge in [-0.15, -0.1) is 16.4 Å². The molecule has 0 heterocycles. The molecule has 1 unspecified atom stereocenters. The SMILES string of the molecule is C=Cc1ccc(-c2cc(-c3ccc(C=C)cc3)cc(-c3c(F)cc(C4=C(F)C(F)(F)C([B-](c5c(F)c(F)c(C(F)(F)F)c(F)c5F)(c5c(F)c(F)c(C(F)(F)F)c(F)c5F)c5c(F)c(F)c(C(F)(F)F)c(F)c5F)C(F)=C4F)c(F)c3F)c2)cc1. The van der Waals surface area contributed by atoms with E-state index in [1.54, 1.807) is 0 Å². The van der Waals surface area contributed by atoms with Crippen LogP contribution in [0.25, 0.3) is 51.1 Å². The van der Waals surface area contributed by atoms with Gasteiger partial charge in [0.2, 0.25) is 0 Å². The molecule has 1 aliphatic carbocycles. The Labute approximate surface area is 454 Å². The molecule has 1 atom stereocenters. The minimum Gasteiger partial charge on any atom is -0.212 e. The third-order valence-corrected chi connectivity index (χ3v) is 13.8. The summed E-state index contributed by atoms with van der Waals surface area (Å²) in [6, 6.07) is 14.0. The number of halogens is 29. The third-order valence-electron chi connectivity index (χ3n) is 13.8. The smallest absolute Gasteiger partial charge is 0.212 e. The lowest BCUT2D eigenvalue weighted by Gasteiger charge is -2.52. The summed E-state index contributed by atoms with van der Waals surface area (Å²) < 4.78 is 457. The van der Waals surface area contributed by atoms with E-state index in [2.05, 4.69) is 13.2 Å². The van der Waals surface area contributed by atoms with Crippen LogP contribution in [0.15, 0.2) is 103 Å². The van der Waals surface area contributed by atoms with E-state index in [0.29, 0.717) is 11.1 Å². The van der Waals surface area contributed by atoms with Gasteiger partial charge < -0.3 is 0 Å². The zero-order valence-corrected chi connectivity index (χ0v) is 40.6. The standard InChI is InChI=1S/C55H19BF29/c1-3-17-5-9-19(10-6-17)21-13-22(20-11-7-18(4-2)8-12-20)15-23(14-21)26-25(57)16-24(34(58)35(26)59)27-36(60)49(73)50(52(75,76)51(27)74)56(31-43(67)37(61)28(53(77,78)79)38(62)44(31)68,32-45(69)39(63)29(54(80,81)82)40(64)46(32)70)33-47(71)41(65)30(55(83,84)85)42(66)48(33)72/h3-16,50H,1-2H2/q-1. The van der Waals surface area contributed by atoms with Crippen molar-refractivity contribution in [2.75, 3.05) is 0 Å². The normalized spacial score (nSPS) is 15.1. The molecule has 0 radical (unpaired) electrons. The first-order valence-corrected chi connectivity index (χ1v) is 22.9. The molecule has 85 heavy (non-hydrogen) atoms. The van der Waals surface area contributed by atoms with E-state index < -0.39 is 203 Å². The van der Waals surface area contributed by atoms with Gasteiger partial charge in [-0.2, -0.15) is 39.5 Å². The van der Waals surface area contributed by atoms with Crippen LogP contribution >= 0.6 is 0 Å². The van der Waals surface area contributed by atoms with Gasteiger partial charge in [0.1, 0.15) is 69.4 Å². The van der Waals surface area contributed by atoms with E-state index >= 15 is 87.8 Å². The van der Waals surface area contributed by atoms with E-state index in [1.807, 2.05) is 0 Å². The number of rotatable bonds is 10. The second kappa shape index (κ2) is 21.2. The number of benzene rings is 7. The quantitative estimate of drug-likeness (QED) is 0.0727. The summed E-state index contributed by atoms with van der Waals surface area (Å²) in [5, 5.41) is 0. The molecular formula is C55H19BF29-. The Morgan fingerprint density at radius 2 is 0.682 bits per heavy atom. The van der Waals surface area contributed by atoms with Crippen LogP contribution in [0.5, 0.6) is 0 Å². The van der Waals surface area contributed by atoms with Gasteiger partial charge in [-0.1, -0.05) is 73.8 Å². The summed E-state index contributed by atoms with van der Waals surface area (Å²) in [5.41, 5.74) is -32.7. The van der Waals surface area contributed by atoms with Gasteiger partial charge in [0.25, 0.3) is 5.92 Å². The Kier molecular flexibility index (Phi) is 15.6. The van der Waals surface area contributed by atoms with E-state index in [-0.39, 0.29) is 22.3 Å². The molecule has 0 saturated carbocycles. The molecule has 0 fully saturated rings. The minimum atomic E-state index is -8.53. The van der Waals surface area contributed by atoms with E-state index in [1.165, 1.54) is 66.7 Å². The first kappa shape index (κ1) is 62.6. The van der Waals surface area contributed by atoms with Crippen molar-refractivity contribution in [3.8, 4) is 33.4 Å². The van der Waals surface area contributed by atoms with Crippen molar-refractivity contribution in [2.24, 2.45) is 0 Å². The molecule has 0 N–H and O–H groups in total. The average molecular weight is 1240 g/mol. The van der Waals surface area contributed by atoms with E-state index in [9.17, 15) is 39.5 Å². The number of hydrogen-bond donors (Lipinski definition) is 0. The Morgan fingerprint density at radius 1 is 0.376 bits per heavy atom. The molecule has 0 amide bonds. The van der Waals surface area contributed by atoms with Crippen LogP contribution in [0.4, 0.5) is 127 Å². The largest absolute Gasteiger partial charge is 0.422 e. The third kappa shape index (κ3) is 9.67. The van der Waals surface area contributed by atoms with Crippen molar-refractivity contribution in [3.05, 3.63) is 224 Å². The highest BCUT2D eigenvalue weighted by Gasteiger charge is 2.65. The van der Waals surface area contributed by atoms with Crippen LogP contribution in [-0.4, -0.2) is 12.1 Å². The molecule has 0 bridgehead atoms. The zero-order valence-electron chi connectivity index (χ0n) is 40.6. The van der Waals surface area contributed by atoms with Gasteiger partial charge in [-0.3, -0.25) is 0 Å². The van der Waals surface area contributed by atoms with Crippen molar-refractivity contribution >= 4 is 40.3 Å². The van der Waals surface area contributed by atoms with Crippen LogP contribution < -0.4 is 16.4 Å². The Morgan fingerprint density at radius 3 is 0.976 bits per heavy atom. The fourth-order valence-corrected chi connectivity index (χ4v) is 10.2. The fourth-order valence-electron chi connectivity index (χ4n) is 10.2. The zero-order chi connectivity index (χ0) is 63.6. The predicted octanol–water partition coefficient (Wildman–Crippen LogP) is 18.1. The van der Waals surface area contributed by atoms with Crippen LogP contribution in [-0.2, 0) is 18.5 Å². The first-order valence-electron chi connectivity index (χ1n) is 22.9. The molecule has 7 aromatic rings. The molecule has 0 aromatic heterocycles. The number of allylic oxidation sites excluding steroid dienone is 4. The maximum atomic E-state index is 17.5. The average Bonchev–Trinajstić information content (AvgIpc) is 0.683. The summed E-state index contributed by atoms with van der Waals surface area (Å²) >= 11 is 0. The highest BCUT2D eigenvalue weighted by molar-refractivity contribution is 7.13. The van der Waals surface area contributed by atoms with Crippen molar-refractivity contribution < 1.29 is 127 Å². The number of hydrogen-bond acceptors (Lipinski definition) is 0. The van der Waals surface area contributed by atoms with Crippen molar-refractivity contribution in [3.63, 3.8) is 0 Å². The van der Waals surface area contributed by atoms with Crippen LogP contribution in [0.1, 0.15) is 33.4 Å². The highest BCUT2D eigenvalue weighted by atomic mass is 19.4. The molecule has 7 aromatic carbocycles. The van der Waals surface area contributed by atoms with Crippen LogP contribution in [0.2, 0.25) is 5.82 Å². The molecule has 446 valence electrons. The lowest BCUT2D eigenvalue weighted by Crippen LogP contribution is -2.78.